The molecule has 0 radical (unpaired) electrons. The Morgan fingerprint density at radius 3 is 2.18 bits per heavy atom. The number of imide groups is 1. The van der Waals surface area contributed by atoms with E-state index in [4.69, 9.17) is 0 Å². The van der Waals surface area contributed by atoms with Crippen LogP contribution < -0.4 is 0 Å². The minimum Gasteiger partial charge on any atom is -0.269 e. The first-order chi connectivity index (χ1) is 10.8. The van der Waals surface area contributed by atoms with E-state index in [1.54, 1.807) is 12.1 Å². The molecule has 4 rings (SSSR count). The van der Waals surface area contributed by atoms with E-state index in [1.165, 1.54) is 10.5 Å². The summed E-state index contributed by atoms with van der Waals surface area (Å²) < 4.78 is 0. The van der Waals surface area contributed by atoms with Crippen molar-refractivity contribution in [3.05, 3.63) is 70.8 Å². The van der Waals surface area contributed by atoms with Gasteiger partial charge in [-0.05, 0) is 42.5 Å². The zero-order valence-corrected chi connectivity index (χ0v) is 12.3. The lowest BCUT2D eigenvalue weighted by atomic mass is 9.98. The number of amides is 2. The highest BCUT2D eigenvalue weighted by Gasteiger charge is 2.40. The van der Waals surface area contributed by atoms with Gasteiger partial charge in [0.25, 0.3) is 11.8 Å². The predicted octanol–water partition coefficient (Wildman–Crippen LogP) is 3.75. The van der Waals surface area contributed by atoms with Crippen molar-refractivity contribution in [2.45, 2.75) is 31.7 Å². The van der Waals surface area contributed by atoms with Crippen LogP contribution in [-0.4, -0.2) is 16.7 Å². The fourth-order valence-corrected chi connectivity index (χ4v) is 3.65. The first-order valence-corrected chi connectivity index (χ1v) is 7.82. The van der Waals surface area contributed by atoms with Crippen LogP contribution in [0.4, 0.5) is 0 Å². The number of nitrogens with zero attached hydrogens (tertiary/aromatic N) is 1. The molecule has 22 heavy (non-hydrogen) atoms. The maximum Gasteiger partial charge on any atom is 0.262 e. The SMILES string of the molecule is O=C1c2ccccc2C(=O)N1C1CCCCc2ccccc21. The van der Waals surface area contributed by atoms with Crippen LogP contribution in [-0.2, 0) is 6.42 Å². The standard InChI is InChI=1S/C19H17NO2/c21-18-15-10-4-5-11-16(15)19(22)20(18)17-12-6-2-8-13-7-1-3-9-14(13)17/h1,3-5,7,9-11,17H,2,6,8,12H2. The van der Waals surface area contributed by atoms with Gasteiger partial charge in [0, 0.05) is 0 Å². The van der Waals surface area contributed by atoms with Crippen molar-refractivity contribution < 1.29 is 9.59 Å². The van der Waals surface area contributed by atoms with Gasteiger partial charge in [-0.2, -0.15) is 0 Å². The molecule has 3 heteroatoms. The smallest absolute Gasteiger partial charge is 0.262 e. The molecule has 0 fully saturated rings. The quantitative estimate of drug-likeness (QED) is 0.593. The van der Waals surface area contributed by atoms with Crippen molar-refractivity contribution in [2.75, 3.05) is 0 Å². The van der Waals surface area contributed by atoms with Crippen molar-refractivity contribution >= 4 is 11.8 Å². The van der Waals surface area contributed by atoms with Crippen molar-refractivity contribution in [2.24, 2.45) is 0 Å². The maximum absolute atomic E-state index is 12.7. The molecule has 1 aliphatic heterocycles. The summed E-state index contributed by atoms with van der Waals surface area (Å²) in [6.07, 6.45) is 4.02. The third-order valence-electron chi connectivity index (χ3n) is 4.72. The van der Waals surface area contributed by atoms with Gasteiger partial charge in [0.1, 0.15) is 0 Å². The summed E-state index contributed by atoms with van der Waals surface area (Å²) in [5.74, 6) is -0.301. The van der Waals surface area contributed by atoms with E-state index in [1.807, 2.05) is 24.3 Å². The zero-order chi connectivity index (χ0) is 15.1. The second-order valence-electron chi connectivity index (χ2n) is 5.99. The number of benzene rings is 2. The number of carbonyl (C=O) groups excluding carboxylic acids is 2. The number of aryl methyl sites for hydroxylation is 1. The largest absolute Gasteiger partial charge is 0.269 e. The third kappa shape index (κ3) is 1.89. The van der Waals surface area contributed by atoms with Gasteiger partial charge in [0.15, 0.2) is 0 Å². The number of hydrogen-bond donors (Lipinski definition) is 0. The van der Waals surface area contributed by atoms with Crippen LogP contribution >= 0.6 is 0 Å². The minimum absolute atomic E-state index is 0.133. The van der Waals surface area contributed by atoms with E-state index in [0.29, 0.717) is 11.1 Å². The monoisotopic (exact) mass is 291 g/mol. The summed E-state index contributed by atoms with van der Waals surface area (Å²) >= 11 is 0. The van der Waals surface area contributed by atoms with Crippen LogP contribution in [0.25, 0.3) is 0 Å². The van der Waals surface area contributed by atoms with E-state index >= 15 is 0 Å². The van der Waals surface area contributed by atoms with Crippen molar-refractivity contribution in [1.29, 1.82) is 0 Å². The Kier molecular flexibility index (Phi) is 3.07. The molecule has 1 aliphatic carbocycles. The van der Waals surface area contributed by atoms with Gasteiger partial charge in [0.2, 0.25) is 0 Å². The normalized spacial score (nSPS) is 20.5. The molecule has 0 saturated heterocycles. The Hall–Kier alpha value is -2.42. The summed E-state index contributed by atoms with van der Waals surface area (Å²) in [5, 5.41) is 0. The van der Waals surface area contributed by atoms with E-state index in [9.17, 15) is 9.59 Å². The molecule has 3 nitrogen and oxygen atoms in total. The second kappa shape index (κ2) is 5.09. The van der Waals surface area contributed by atoms with Gasteiger partial charge in [-0.1, -0.05) is 42.8 Å². The van der Waals surface area contributed by atoms with Gasteiger partial charge in [0.05, 0.1) is 17.2 Å². The molecule has 0 spiro atoms. The maximum atomic E-state index is 12.7. The first-order valence-electron chi connectivity index (χ1n) is 7.82. The fraction of sp³-hybridized carbons (Fsp3) is 0.263. The Bertz CT molecular complexity index is 731. The van der Waals surface area contributed by atoms with Gasteiger partial charge in [-0.15, -0.1) is 0 Å². The minimum atomic E-state index is -0.151. The van der Waals surface area contributed by atoms with Crippen LogP contribution in [0.5, 0.6) is 0 Å². The van der Waals surface area contributed by atoms with Crippen LogP contribution in [0.2, 0.25) is 0 Å². The third-order valence-corrected chi connectivity index (χ3v) is 4.72. The summed E-state index contributed by atoms with van der Waals surface area (Å²) in [6, 6.07) is 15.2. The molecule has 2 amide bonds. The second-order valence-corrected chi connectivity index (χ2v) is 5.99. The van der Waals surface area contributed by atoms with Gasteiger partial charge < -0.3 is 0 Å². The van der Waals surface area contributed by atoms with E-state index in [0.717, 1.165) is 31.2 Å². The fourth-order valence-electron chi connectivity index (χ4n) is 3.65. The summed E-state index contributed by atoms with van der Waals surface area (Å²) in [4.78, 5) is 26.9. The average Bonchev–Trinajstić information content (AvgIpc) is 2.71. The lowest BCUT2D eigenvalue weighted by Crippen LogP contribution is -2.34. The summed E-state index contributed by atoms with van der Waals surface area (Å²) in [5.41, 5.74) is 3.47. The van der Waals surface area contributed by atoms with Crippen molar-refractivity contribution in [3.8, 4) is 0 Å². The van der Waals surface area contributed by atoms with Crippen LogP contribution in [0.1, 0.15) is 57.1 Å². The first kappa shape index (κ1) is 13.3. The Labute approximate surface area is 129 Å². The number of fused-ring (bicyclic) bond motifs is 2. The topological polar surface area (TPSA) is 37.4 Å². The molecular formula is C19H17NO2. The van der Waals surface area contributed by atoms with Gasteiger partial charge >= 0.3 is 0 Å². The van der Waals surface area contributed by atoms with E-state index in [-0.39, 0.29) is 17.9 Å². The lowest BCUT2D eigenvalue weighted by molar-refractivity contribution is 0.0573. The Morgan fingerprint density at radius 2 is 1.45 bits per heavy atom. The van der Waals surface area contributed by atoms with Crippen molar-refractivity contribution in [3.63, 3.8) is 0 Å². The molecular weight excluding hydrogens is 274 g/mol. The van der Waals surface area contributed by atoms with Crippen LogP contribution in [0.3, 0.4) is 0 Å². The molecule has 2 aliphatic rings. The molecule has 2 aromatic rings. The number of carbonyl (C=O) groups is 2. The molecule has 1 heterocycles. The number of hydrogen-bond acceptors (Lipinski definition) is 2. The highest BCUT2D eigenvalue weighted by molar-refractivity contribution is 6.21. The van der Waals surface area contributed by atoms with Crippen LogP contribution in [0.15, 0.2) is 48.5 Å². The highest BCUT2D eigenvalue weighted by atomic mass is 16.2. The number of rotatable bonds is 1. The van der Waals surface area contributed by atoms with Crippen LogP contribution in [0, 0.1) is 0 Å². The highest BCUT2D eigenvalue weighted by Crippen LogP contribution is 2.37. The molecule has 0 N–H and O–H groups in total. The van der Waals surface area contributed by atoms with Gasteiger partial charge in [-0.3, -0.25) is 14.5 Å². The molecule has 1 atom stereocenters. The molecule has 0 saturated carbocycles. The summed E-state index contributed by atoms with van der Waals surface area (Å²) in [7, 11) is 0. The molecule has 2 aromatic carbocycles. The zero-order valence-electron chi connectivity index (χ0n) is 12.3. The Balaban J connectivity index is 1.80. The van der Waals surface area contributed by atoms with E-state index < -0.39 is 0 Å². The summed E-state index contributed by atoms with van der Waals surface area (Å²) in [6.45, 7) is 0. The van der Waals surface area contributed by atoms with E-state index in [2.05, 4.69) is 12.1 Å². The lowest BCUT2D eigenvalue weighted by Gasteiger charge is -2.26. The molecule has 110 valence electrons. The average molecular weight is 291 g/mol. The molecule has 1 unspecified atom stereocenters. The molecule has 0 bridgehead atoms. The Morgan fingerprint density at radius 1 is 0.818 bits per heavy atom. The van der Waals surface area contributed by atoms with Gasteiger partial charge in [-0.25, -0.2) is 0 Å². The van der Waals surface area contributed by atoms with Crippen molar-refractivity contribution in [1.82, 2.24) is 4.90 Å². The molecule has 0 aromatic heterocycles. The predicted molar refractivity (Wildman–Crippen MR) is 83.7 cm³/mol.